The lowest BCUT2D eigenvalue weighted by Crippen LogP contribution is -2.51. The smallest absolute Gasteiger partial charge is 0.319 e. The highest BCUT2D eigenvalue weighted by atomic mass is 19.1. The lowest BCUT2D eigenvalue weighted by molar-refractivity contribution is -0.0892. The fourth-order valence-electron chi connectivity index (χ4n) is 3.91. The maximum Gasteiger partial charge on any atom is 0.319 e. The summed E-state index contributed by atoms with van der Waals surface area (Å²) in [6.07, 6.45) is 0.768. The predicted octanol–water partition coefficient (Wildman–Crippen LogP) is 2.54. The van der Waals surface area contributed by atoms with Crippen LogP contribution in [0, 0.1) is 11.6 Å². The van der Waals surface area contributed by atoms with Crippen molar-refractivity contribution >= 4 is 17.6 Å². The molecule has 0 saturated carbocycles. The second-order valence-corrected chi connectivity index (χ2v) is 8.00. The Kier molecular flexibility index (Phi) is 7.43. The molecule has 2 heterocycles. The number of halogens is 2. The van der Waals surface area contributed by atoms with Crippen LogP contribution in [0.1, 0.15) is 29.6 Å². The number of aliphatic hydroxyl groups excluding tert-OH is 1. The lowest BCUT2D eigenvalue weighted by atomic mass is 9.96. The Balaban J connectivity index is 1.23. The zero-order valence-corrected chi connectivity index (χ0v) is 18.2. The number of aliphatic hydroxyl groups is 1. The number of carbonyl (C=O) groups is 2. The van der Waals surface area contributed by atoms with Crippen LogP contribution in [0.25, 0.3) is 0 Å². The number of hydrogen-bond acceptors (Lipinski definition) is 6. The highest BCUT2D eigenvalue weighted by Gasteiger charge is 2.32. The number of anilines is 1. The molecule has 2 aliphatic rings. The number of fused-ring (bicyclic) bond motifs is 1. The molecule has 0 spiro atoms. The first-order valence-electron chi connectivity index (χ1n) is 10.9. The number of nitrogens with one attached hydrogen (secondary N) is 3. The van der Waals surface area contributed by atoms with E-state index in [4.69, 9.17) is 14.2 Å². The molecule has 34 heavy (non-hydrogen) atoms. The molecule has 2 aliphatic heterocycles. The number of carbonyl (C=O) groups excluding carboxylic acids is 2. The quantitative estimate of drug-likeness (QED) is 0.487. The van der Waals surface area contributed by atoms with Crippen LogP contribution in [0.5, 0.6) is 11.5 Å². The van der Waals surface area contributed by atoms with Gasteiger partial charge in [-0.2, -0.15) is 0 Å². The Labute approximate surface area is 194 Å². The normalized spacial score (nSPS) is 21.1. The number of urea groups is 1. The second-order valence-electron chi connectivity index (χ2n) is 8.00. The highest BCUT2D eigenvalue weighted by molar-refractivity contribution is 5.95. The van der Waals surface area contributed by atoms with Gasteiger partial charge >= 0.3 is 6.03 Å². The number of ether oxygens (including phenoxy) is 3. The zero-order chi connectivity index (χ0) is 24.1. The second kappa shape index (κ2) is 10.7. The molecule has 4 rings (SSSR count). The standard InChI is InChI=1S/C23H25F2N3O6/c24-14-2-4-16(25)18(10-14)28-23(31)26-8-7-15-3-5-17(21(11-29)34-15)27-22(30)13-1-6-19-20(9-13)33-12-32-19/h1-2,4,6,9-10,15,17,21,29H,3,5,7-8,11-12H2,(H,27,30)(H2,26,28,31)/t15-,17+,21+/m1/s1. The van der Waals surface area contributed by atoms with Crippen LogP contribution in [0.4, 0.5) is 19.3 Å². The van der Waals surface area contributed by atoms with Crippen molar-refractivity contribution < 1.29 is 37.7 Å². The first-order chi connectivity index (χ1) is 16.4. The van der Waals surface area contributed by atoms with Gasteiger partial charge in [0.25, 0.3) is 5.91 Å². The van der Waals surface area contributed by atoms with Gasteiger partial charge in [0, 0.05) is 18.2 Å². The van der Waals surface area contributed by atoms with E-state index >= 15 is 0 Å². The fraction of sp³-hybridized carbons (Fsp3) is 0.391. The van der Waals surface area contributed by atoms with Gasteiger partial charge in [-0.1, -0.05) is 0 Å². The molecule has 3 atom stereocenters. The molecule has 0 bridgehead atoms. The molecular formula is C23H25F2N3O6. The molecule has 11 heteroatoms. The van der Waals surface area contributed by atoms with Crippen molar-refractivity contribution in [3.8, 4) is 11.5 Å². The molecule has 2 aromatic carbocycles. The minimum absolute atomic E-state index is 0.114. The molecule has 0 aromatic heterocycles. The van der Waals surface area contributed by atoms with Gasteiger partial charge in [0.15, 0.2) is 11.5 Å². The van der Waals surface area contributed by atoms with Gasteiger partial charge in [-0.05, 0) is 49.6 Å². The average molecular weight is 477 g/mol. The molecule has 1 fully saturated rings. The van der Waals surface area contributed by atoms with Crippen molar-refractivity contribution in [3.05, 3.63) is 53.6 Å². The minimum atomic E-state index is -0.744. The van der Waals surface area contributed by atoms with Crippen LogP contribution < -0.4 is 25.4 Å². The van der Waals surface area contributed by atoms with Crippen LogP contribution >= 0.6 is 0 Å². The van der Waals surface area contributed by atoms with Crippen LogP contribution in [0.2, 0.25) is 0 Å². The SMILES string of the molecule is O=C(NCC[C@H]1CC[C@H](NC(=O)c2ccc3c(c2)OCO3)[C@H](CO)O1)Nc1cc(F)ccc1F. The Morgan fingerprint density at radius 1 is 1.06 bits per heavy atom. The molecule has 2 aromatic rings. The van der Waals surface area contributed by atoms with Crippen LogP contribution in [-0.2, 0) is 4.74 Å². The molecular weight excluding hydrogens is 452 g/mol. The van der Waals surface area contributed by atoms with E-state index in [1.54, 1.807) is 18.2 Å². The summed E-state index contributed by atoms with van der Waals surface area (Å²) in [6, 6.07) is 6.63. The summed E-state index contributed by atoms with van der Waals surface area (Å²) in [5.74, 6) is -0.638. The minimum Gasteiger partial charge on any atom is -0.454 e. The monoisotopic (exact) mass is 477 g/mol. The van der Waals surface area contributed by atoms with E-state index in [0.29, 0.717) is 36.3 Å². The third-order valence-corrected chi connectivity index (χ3v) is 5.68. The Bertz CT molecular complexity index is 1050. The maximum absolute atomic E-state index is 13.6. The van der Waals surface area contributed by atoms with E-state index in [1.165, 1.54) is 0 Å². The van der Waals surface area contributed by atoms with Crippen LogP contribution in [-0.4, -0.2) is 55.2 Å². The van der Waals surface area contributed by atoms with E-state index in [-0.39, 0.29) is 43.7 Å². The van der Waals surface area contributed by atoms with Crippen LogP contribution in [0.3, 0.4) is 0 Å². The zero-order valence-electron chi connectivity index (χ0n) is 18.2. The Morgan fingerprint density at radius 2 is 1.88 bits per heavy atom. The summed E-state index contributed by atoms with van der Waals surface area (Å²) in [5, 5.41) is 17.5. The van der Waals surface area contributed by atoms with E-state index in [2.05, 4.69) is 16.0 Å². The lowest BCUT2D eigenvalue weighted by Gasteiger charge is -2.36. The average Bonchev–Trinajstić information content (AvgIpc) is 3.30. The van der Waals surface area contributed by atoms with Crippen molar-refractivity contribution in [2.24, 2.45) is 0 Å². The van der Waals surface area contributed by atoms with Gasteiger partial charge < -0.3 is 35.3 Å². The first kappa shape index (κ1) is 23.7. The van der Waals surface area contributed by atoms with Gasteiger partial charge in [-0.15, -0.1) is 0 Å². The third kappa shape index (κ3) is 5.72. The maximum atomic E-state index is 13.6. The van der Waals surface area contributed by atoms with Gasteiger partial charge in [0.2, 0.25) is 6.79 Å². The van der Waals surface area contributed by atoms with E-state index in [1.807, 2.05) is 0 Å². The van der Waals surface area contributed by atoms with Gasteiger partial charge in [0.05, 0.1) is 24.4 Å². The summed E-state index contributed by atoms with van der Waals surface area (Å²) in [5.41, 5.74) is 0.154. The molecule has 4 N–H and O–H groups in total. The van der Waals surface area contributed by atoms with E-state index < -0.39 is 23.8 Å². The van der Waals surface area contributed by atoms with Gasteiger partial charge in [-0.25, -0.2) is 13.6 Å². The van der Waals surface area contributed by atoms with Gasteiger partial charge in [-0.3, -0.25) is 4.79 Å². The van der Waals surface area contributed by atoms with E-state index in [0.717, 1.165) is 18.2 Å². The highest BCUT2D eigenvalue weighted by Crippen LogP contribution is 2.32. The summed E-state index contributed by atoms with van der Waals surface area (Å²) in [7, 11) is 0. The number of amides is 3. The van der Waals surface area contributed by atoms with Crippen LogP contribution in [0.15, 0.2) is 36.4 Å². The fourth-order valence-corrected chi connectivity index (χ4v) is 3.91. The Morgan fingerprint density at radius 3 is 2.71 bits per heavy atom. The summed E-state index contributed by atoms with van der Waals surface area (Å²) >= 11 is 0. The molecule has 1 saturated heterocycles. The molecule has 3 amide bonds. The van der Waals surface area contributed by atoms with E-state index in [9.17, 15) is 23.5 Å². The number of benzene rings is 2. The largest absolute Gasteiger partial charge is 0.454 e. The molecule has 9 nitrogen and oxygen atoms in total. The predicted molar refractivity (Wildman–Crippen MR) is 117 cm³/mol. The third-order valence-electron chi connectivity index (χ3n) is 5.68. The van der Waals surface area contributed by atoms with Crippen molar-refractivity contribution in [3.63, 3.8) is 0 Å². The number of hydrogen-bond donors (Lipinski definition) is 4. The van der Waals surface area contributed by atoms with Crippen molar-refractivity contribution in [2.75, 3.05) is 25.3 Å². The van der Waals surface area contributed by atoms with Crippen molar-refractivity contribution in [2.45, 2.75) is 37.5 Å². The summed E-state index contributed by atoms with van der Waals surface area (Å²) in [4.78, 5) is 24.6. The Hall–Kier alpha value is -3.44. The van der Waals surface area contributed by atoms with Crippen molar-refractivity contribution in [1.29, 1.82) is 0 Å². The molecule has 182 valence electrons. The van der Waals surface area contributed by atoms with Gasteiger partial charge in [0.1, 0.15) is 17.7 Å². The molecule has 0 aliphatic carbocycles. The topological polar surface area (TPSA) is 118 Å². The summed E-state index contributed by atoms with van der Waals surface area (Å²) < 4.78 is 43.3. The molecule has 0 radical (unpaired) electrons. The summed E-state index contributed by atoms with van der Waals surface area (Å²) in [6.45, 7) is 0.0538. The molecule has 0 unspecified atom stereocenters. The number of rotatable bonds is 7. The van der Waals surface area contributed by atoms with Crippen molar-refractivity contribution in [1.82, 2.24) is 10.6 Å². The first-order valence-corrected chi connectivity index (χ1v) is 10.9.